The van der Waals surface area contributed by atoms with Gasteiger partial charge in [0.25, 0.3) is 10.0 Å². The van der Waals surface area contributed by atoms with Gasteiger partial charge in [0.1, 0.15) is 0 Å². The van der Waals surface area contributed by atoms with Crippen molar-refractivity contribution in [2.75, 3.05) is 0 Å². The molecule has 0 radical (unpaired) electrons. The first-order valence-corrected chi connectivity index (χ1v) is 8.34. The van der Waals surface area contributed by atoms with Crippen molar-refractivity contribution >= 4 is 15.9 Å². The molecule has 1 aliphatic rings. The first-order chi connectivity index (χ1) is 9.44. The van der Waals surface area contributed by atoms with E-state index in [0.717, 1.165) is 24.8 Å². The van der Waals surface area contributed by atoms with Crippen molar-refractivity contribution in [3.8, 4) is 0 Å². The maximum absolute atomic E-state index is 12.0. The summed E-state index contributed by atoms with van der Waals surface area (Å²) in [6.07, 6.45) is 2.66. The predicted molar refractivity (Wildman–Crippen MR) is 76.3 cm³/mol. The monoisotopic (exact) mass is 296 g/mol. The smallest absolute Gasteiger partial charge is 0.257 e. The highest BCUT2D eigenvalue weighted by molar-refractivity contribution is 7.89. The van der Waals surface area contributed by atoms with Crippen LogP contribution in [0.3, 0.4) is 0 Å². The molecule has 0 unspecified atom stereocenters. The lowest BCUT2D eigenvalue weighted by Crippen LogP contribution is -2.42. The van der Waals surface area contributed by atoms with E-state index < -0.39 is 10.0 Å². The fraction of sp³-hybridized carbons (Fsp3) is 0.500. The molecule has 0 aromatic heterocycles. The highest BCUT2D eigenvalue weighted by Crippen LogP contribution is 2.28. The molecule has 1 saturated carbocycles. The minimum atomic E-state index is -3.69. The number of carbonyl (C=O) groups excluding carboxylic acids is 1. The van der Waals surface area contributed by atoms with Gasteiger partial charge in [0.2, 0.25) is 5.91 Å². The van der Waals surface area contributed by atoms with E-state index >= 15 is 0 Å². The molecule has 1 amide bonds. The maximum atomic E-state index is 12.0. The van der Waals surface area contributed by atoms with Gasteiger partial charge in [-0.2, -0.15) is 0 Å². The van der Waals surface area contributed by atoms with Gasteiger partial charge in [-0.25, -0.2) is 8.42 Å². The average molecular weight is 296 g/mol. The molecule has 2 N–H and O–H groups in total. The fourth-order valence-electron chi connectivity index (χ4n) is 1.84. The number of carbonyl (C=O) groups is 1. The molecule has 0 heterocycles. The Hall–Kier alpha value is -1.40. The highest BCUT2D eigenvalue weighted by atomic mass is 32.2. The molecule has 110 valence electrons. The number of hydrazine groups is 1. The van der Waals surface area contributed by atoms with Crippen LogP contribution in [0.4, 0.5) is 0 Å². The van der Waals surface area contributed by atoms with Crippen LogP contribution in [0.1, 0.15) is 44.6 Å². The molecule has 0 bridgehead atoms. The summed E-state index contributed by atoms with van der Waals surface area (Å²) < 4.78 is 24.0. The van der Waals surface area contributed by atoms with Crippen LogP contribution in [0.2, 0.25) is 0 Å². The van der Waals surface area contributed by atoms with E-state index in [2.05, 4.69) is 24.1 Å². The Morgan fingerprint density at radius 3 is 2.40 bits per heavy atom. The molecule has 1 aromatic carbocycles. The van der Waals surface area contributed by atoms with Gasteiger partial charge in [0, 0.05) is 5.92 Å². The third-order valence-electron chi connectivity index (χ3n) is 3.63. The maximum Gasteiger partial charge on any atom is 0.257 e. The van der Waals surface area contributed by atoms with E-state index in [-0.39, 0.29) is 16.7 Å². The average Bonchev–Trinajstić information content (AvgIpc) is 3.28. The third-order valence-corrected chi connectivity index (χ3v) is 4.89. The zero-order valence-corrected chi connectivity index (χ0v) is 12.5. The zero-order valence-electron chi connectivity index (χ0n) is 11.7. The predicted octanol–water partition coefficient (Wildman–Crippen LogP) is 1.92. The summed E-state index contributed by atoms with van der Waals surface area (Å²) in [6.45, 7) is 4.18. The zero-order chi connectivity index (χ0) is 14.8. The van der Waals surface area contributed by atoms with Crippen LogP contribution in [-0.2, 0) is 14.8 Å². The van der Waals surface area contributed by atoms with Gasteiger partial charge in [-0.3, -0.25) is 10.2 Å². The molecule has 1 fully saturated rings. The van der Waals surface area contributed by atoms with E-state index in [1.54, 1.807) is 12.1 Å². The number of nitrogens with one attached hydrogen (secondary N) is 2. The van der Waals surface area contributed by atoms with Crippen LogP contribution in [0.25, 0.3) is 0 Å². The van der Waals surface area contributed by atoms with Gasteiger partial charge in [-0.05, 0) is 42.9 Å². The second kappa shape index (κ2) is 5.93. The molecular weight excluding hydrogens is 276 g/mol. The molecule has 2 rings (SSSR count). The van der Waals surface area contributed by atoms with Crippen LogP contribution in [-0.4, -0.2) is 14.3 Å². The molecule has 1 atom stereocenters. The normalized spacial score (nSPS) is 16.7. The van der Waals surface area contributed by atoms with Crippen LogP contribution >= 0.6 is 0 Å². The Labute approximate surface area is 119 Å². The lowest BCUT2D eigenvalue weighted by atomic mass is 9.99. The summed E-state index contributed by atoms with van der Waals surface area (Å²) in [4.78, 5) is 13.7. The van der Waals surface area contributed by atoms with E-state index in [0.29, 0.717) is 5.92 Å². The molecule has 6 heteroatoms. The van der Waals surface area contributed by atoms with Crippen LogP contribution in [0, 0.1) is 5.92 Å². The minimum Gasteiger partial charge on any atom is -0.277 e. The van der Waals surface area contributed by atoms with Crippen LogP contribution in [0.5, 0.6) is 0 Å². The first kappa shape index (κ1) is 15.0. The van der Waals surface area contributed by atoms with Crippen molar-refractivity contribution in [3.63, 3.8) is 0 Å². The summed E-state index contributed by atoms with van der Waals surface area (Å²) in [5, 5.41) is 0. The quantitative estimate of drug-likeness (QED) is 0.788. The molecule has 20 heavy (non-hydrogen) atoms. The van der Waals surface area contributed by atoms with Crippen molar-refractivity contribution in [3.05, 3.63) is 29.8 Å². The lowest BCUT2D eigenvalue weighted by Gasteiger charge is -2.11. The lowest BCUT2D eigenvalue weighted by molar-refractivity contribution is -0.122. The fourth-order valence-corrected chi connectivity index (χ4v) is 2.68. The number of benzene rings is 1. The van der Waals surface area contributed by atoms with Crippen molar-refractivity contribution in [1.82, 2.24) is 10.3 Å². The van der Waals surface area contributed by atoms with Gasteiger partial charge < -0.3 is 0 Å². The first-order valence-electron chi connectivity index (χ1n) is 6.85. The number of amides is 1. The second-order valence-corrected chi connectivity index (χ2v) is 6.93. The Balaban J connectivity index is 2.03. The number of rotatable bonds is 6. The largest absolute Gasteiger partial charge is 0.277 e. The summed E-state index contributed by atoms with van der Waals surface area (Å²) in [7, 11) is -3.69. The number of hydrogen-bond acceptors (Lipinski definition) is 3. The van der Waals surface area contributed by atoms with Crippen LogP contribution < -0.4 is 10.3 Å². The van der Waals surface area contributed by atoms with E-state index in [1.807, 2.05) is 12.1 Å². The summed E-state index contributed by atoms with van der Waals surface area (Å²) >= 11 is 0. The third kappa shape index (κ3) is 3.58. The molecule has 0 aliphatic heterocycles. The molecule has 5 nitrogen and oxygen atoms in total. The van der Waals surface area contributed by atoms with Gasteiger partial charge in [-0.15, -0.1) is 4.83 Å². The molecule has 0 saturated heterocycles. The van der Waals surface area contributed by atoms with E-state index in [4.69, 9.17) is 0 Å². The number of sulfonamides is 1. The second-order valence-electron chi connectivity index (χ2n) is 5.25. The summed E-state index contributed by atoms with van der Waals surface area (Å²) in [6, 6.07) is 6.75. The van der Waals surface area contributed by atoms with E-state index in [9.17, 15) is 13.2 Å². The van der Waals surface area contributed by atoms with Gasteiger partial charge in [0.05, 0.1) is 4.90 Å². The van der Waals surface area contributed by atoms with Gasteiger partial charge in [-0.1, -0.05) is 26.0 Å². The molecule has 0 spiro atoms. The van der Waals surface area contributed by atoms with Crippen molar-refractivity contribution in [1.29, 1.82) is 0 Å². The molecule has 1 aliphatic carbocycles. The van der Waals surface area contributed by atoms with Crippen LogP contribution in [0.15, 0.2) is 29.2 Å². The van der Waals surface area contributed by atoms with Gasteiger partial charge in [0.15, 0.2) is 0 Å². The minimum absolute atomic E-state index is 0.0366. The molecule has 1 aromatic rings. The standard InChI is InChI=1S/C14H20N2O3S/c1-3-10(2)11-6-8-13(9-7-11)20(18,19)16-15-14(17)12-4-5-12/h6-10,12,16H,3-5H2,1-2H3,(H,15,17)/t10-/m0/s1. The van der Waals surface area contributed by atoms with Crippen molar-refractivity contribution in [2.24, 2.45) is 5.92 Å². The highest BCUT2D eigenvalue weighted by Gasteiger charge is 2.30. The number of hydrogen-bond donors (Lipinski definition) is 2. The topological polar surface area (TPSA) is 75.3 Å². The summed E-state index contributed by atoms with van der Waals surface area (Å²) in [5.41, 5.74) is 3.36. The summed E-state index contributed by atoms with van der Waals surface area (Å²) in [5.74, 6) is 0.101. The Kier molecular flexibility index (Phi) is 4.45. The SMILES string of the molecule is CC[C@H](C)c1ccc(S(=O)(=O)NNC(=O)C2CC2)cc1. The Morgan fingerprint density at radius 1 is 1.30 bits per heavy atom. The van der Waals surface area contributed by atoms with Crippen molar-refractivity contribution < 1.29 is 13.2 Å². The van der Waals surface area contributed by atoms with E-state index in [1.165, 1.54) is 0 Å². The van der Waals surface area contributed by atoms with Crippen molar-refractivity contribution in [2.45, 2.75) is 43.9 Å². The molecular formula is C14H20N2O3S. The Bertz CT molecular complexity index is 577. The Morgan fingerprint density at radius 2 is 1.90 bits per heavy atom. The van der Waals surface area contributed by atoms with Gasteiger partial charge >= 0.3 is 0 Å².